The van der Waals surface area contributed by atoms with Crippen molar-refractivity contribution in [2.45, 2.75) is 57.5 Å². The highest BCUT2D eigenvalue weighted by molar-refractivity contribution is 5.05. The van der Waals surface area contributed by atoms with Gasteiger partial charge in [-0.1, -0.05) is 25.9 Å². The summed E-state index contributed by atoms with van der Waals surface area (Å²) in [7, 11) is 0. The fourth-order valence-corrected chi connectivity index (χ4v) is 1.92. The fraction of sp³-hybridized carbons (Fsp3) is 0.818. The molecule has 1 aromatic rings. The van der Waals surface area contributed by atoms with Gasteiger partial charge in [-0.15, -0.1) is 0 Å². The number of hydrogen-bond donors (Lipinski definition) is 1. The van der Waals surface area contributed by atoms with E-state index >= 15 is 0 Å². The lowest BCUT2D eigenvalue weighted by Gasteiger charge is -2.11. The minimum absolute atomic E-state index is 0.0496. The van der Waals surface area contributed by atoms with Crippen LogP contribution in [0.25, 0.3) is 0 Å². The van der Waals surface area contributed by atoms with Crippen molar-refractivity contribution in [2.24, 2.45) is 0 Å². The van der Waals surface area contributed by atoms with E-state index in [4.69, 9.17) is 4.52 Å². The van der Waals surface area contributed by atoms with E-state index in [-0.39, 0.29) is 17.4 Å². The second-order valence-electron chi connectivity index (χ2n) is 5.31. The van der Waals surface area contributed by atoms with Gasteiger partial charge >= 0.3 is 0 Å². The summed E-state index contributed by atoms with van der Waals surface area (Å²) in [4.78, 5) is 4.38. The highest BCUT2D eigenvalue weighted by Crippen LogP contribution is 2.34. The Balaban J connectivity index is 2.20. The molecule has 1 saturated carbocycles. The molecular weight excluding hydrogens is 192 g/mol. The molecule has 1 fully saturated rings. The molecule has 1 N–H and O–H groups in total. The molecular formula is C11H18N2O2. The average Bonchev–Trinajstić information content (AvgIpc) is 2.69. The zero-order chi connectivity index (χ0) is 11.1. The highest BCUT2D eigenvalue weighted by Gasteiger charge is 2.32. The summed E-state index contributed by atoms with van der Waals surface area (Å²) in [6, 6.07) is 0. The SMILES string of the molecule is CC(C)(C)c1noc(C2CCCC2O)n1. The van der Waals surface area contributed by atoms with Gasteiger partial charge in [0.25, 0.3) is 0 Å². The molecule has 0 aromatic carbocycles. The summed E-state index contributed by atoms with van der Waals surface area (Å²) >= 11 is 0. The number of aromatic nitrogens is 2. The smallest absolute Gasteiger partial charge is 0.232 e. The third kappa shape index (κ3) is 2.04. The molecule has 0 aliphatic heterocycles. The van der Waals surface area contributed by atoms with Crippen LogP contribution >= 0.6 is 0 Å². The van der Waals surface area contributed by atoms with Crippen molar-refractivity contribution >= 4 is 0 Å². The summed E-state index contributed by atoms with van der Waals surface area (Å²) in [5.41, 5.74) is -0.0920. The summed E-state index contributed by atoms with van der Waals surface area (Å²) in [6.45, 7) is 6.14. The zero-order valence-electron chi connectivity index (χ0n) is 9.53. The molecule has 84 valence electrons. The molecule has 4 heteroatoms. The van der Waals surface area contributed by atoms with Crippen LogP contribution in [0.5, 0.6) is 0 Å². The standard InChI is InChI=1S/C11H18N2O2/c1-11(2,3)10-12-9(15-13-10)7-5-4-6-8(7)14/h7-8,14H,4-6H2,1-3H3. The van der Waals surface area contributed by atoms with E-state index in [1.165, 1.54) is 0 Å². The lowest BCUT2D eigenvalue weighted by molar-refractivity contribution is 0.148. The quantitative estimate of drug-likeness (QED) is 0.770. The van der Waals surface area contributed by atoms with E-state index in [0.29, 0.717) is 5.89 Å². The minimum Gasteiger partial charge on any atom is -0.392 e. The average molecular weight is 210 g/mol. The molecule has 15 heavy (non-hydrogen) atoms. The maximum Gasteiger partial charge on any atom is 0.232 e. The predicted octanol–water partition coefficient (Wildman–Crippen LogP) is 2.00. The number of hydrogen-bond acceptors (Lipinski definition) is 4. The van der Waals surface area contributed by atoms with Crippen molar-refractivity contribution < 1.29 is 9.63 Å². The minimum atomic E-state index is -0.307. The van der Waals surface area contributed by atoms with E-state index in [1.54, 1.807) is 0 Å². The topological polar surface area (TPSA) is 59.2 Å². The Bertz CT molecular complexity index is 341. The second-order valence-corrected chi connectivity index (χ2v) is 5.31. The molecule has 2 rings (SSSR count). The zero-order valence-corrected chi connectivity index (χ0v) is 9.53. The molecule has 4 nitrogen and oxygen atoms in total. The number of nitrogens with zero attached hydrogens (tertiary/aromatic N) is 2. The Morgan fingerprint density at radius 2 is 2.07 bits per heavy atom. The Morgan fingerprint density at radius 3 is 2.53 bits per heavy atom. The first kappa shape index (κ1) is 10.6. The molecule has 1 aliphatic rings. The maximum atomic E-state index is 9.73. The summed E-state index contributed by atoms with van der Waals surface area (Å²) < 4.78 is 5.22. The predicted molar refractivity (Wildman–Crippen MR) is 55.6 cm³/mol. The van der Waals surface area contributed by atoms with Gasteiger partial charge in [-0.25, -0.2) is 0 Å². The molecule has 0 radical (unpaired) electrons. The van der Waals surface area contributed by atoms with E-state index in [0.717, 1.165) is 25.1 Å². The summed E-state index contributed by atoms with van der Waals surface area (Å²) in [5.74, 6) is 1.37. The van der Waals surface area contributed by atoms with Crippen molar-refractivity contribution in [3.05, 3.63) is 11.7 Å². The summed E-state index contributed by atoms with van der Waals surface area (Å²) in [6.07, 6.45) is 2.53. The fourth-order valence-electron chi connectivity index (χ4n) is 1.92. The summed E-state index contributed by atoms with van der Waals surface area (Å²) in [5, 5.41) is 13.7. The molecule has 2 atom stereocenters. The molecule has 1 heterocycles. The second kappa shape index (κ2) is 3.59. The van der Waals surface area contributed by atoms with E-state index in [2.05, 4.69) is 10.1 Å². The van der Waals surface area contributed by atoms with Crippen LogP contribution in [0.1, 0.15) is 57.7 Å². The van der Waals surface area contributed by atoms with Crippen molar-refractivity contribution in [3.63, 3.8) is 0 Å². The molecule has 0 saturated heterocycles. The lowest BCUT2D eigenvalue weighted by atomic mass is 9.96. The van der Waals surface area contributed by atoms with Gasteiger partial charge in [0.1, 0.15) is 0 Å². The van der Waals surface area contributed by atoms with Crippen molar-refractivity contribution in [3.8, 4) is 0 Å². The number of aliphatic hydroxyl groups is 1. The number of aliphatic hydroxyl groups excluding tert-OH is 1. The van der Waals surface area contributed by atoms with Gasteiger partial charge in [0.15, 0.2) is 5.82 Å². The monoisotopic (exact) mass is 210 g/mol. The maximum absolute atomic E-state index is 9.73. The van der Waals surface area contributed by atoms with E-state index < -0.39 is 0 Å². The molecule has 0 bridgehead atoms. The Kier molecular flexibility index (Phi) is 2.54. The van der Waals surface area contributed by atoms with Crippen molar-refractivity contribution in [1.82, 2.24) is 10.1 Å². The number of rotatable bonds is 1. The van der Waals surface area contributed by atoms with Gasteiger partial charge in [-0.3, -0.25) is 0 Å². The third-order valence-corrected chi connectivity index (χ3v) is 2.91. The van der Waals surface area contributed by atoms with Gasteiger partial charge in [0.05, 0.1) is 12.0 Å². The van der Waals surface area contributed by atoms with Crippen molar-refractivity contribution in [2.75, 3.05) is 0 Å². The van der Waals surface area contributed by atoms with Gasteiger partial charge in [0, 0.05) is 5.41 Å². The first-order valence-corrected chi connectivity index (χ1v) is 5.50. The normalized spacial score (nSPS) is 27.2. The van der Waals surface area contributed by atoms with Crippen LogP contribution in [-0.4, -0.2) is 21.4 Å². The lowest BCUT2D eigenvalue weighted by Crippen LogP contribution is -2.15. The van der Waals surface area contributed by atoms with E-state index in [9.17, 15) is 5.11 Å². The third-order valence-electron chi connectivity index (χ3n) is 2.91. The van der Waals surface area contributed by atoms with Crippen LogP contribution in [-0.2, 0) is 5.41 Å². The van der Waals surface area contributed by atoms with Gasteiger partial charge in [0.2, 0.25) is 5.89 Å². The first-order chi connectivity index (χ1) is 6.98. The largest absolute Gasteiger partial charge is 0.392 e. The van der Waals surface area contributed by atoms with Crippen LogP contribution in [0.15, 0.2) is 4.52 Å². The molecule has 1 aromatic heterocycles. The van der Waals surface area contributed by atoms with Crippen LogP contribution in [0, 0.1) is 0 Å². The van der Waals surface area contributed by atoms with Gasteiger partial charge in [-0.2, -0.15) is 4.98 Å². The van der Waals surface area contributed by atoms with E-state index in [1.807, 2.05) is 20.8 Å². The first-order valence-electron chi connectivity index (χ1n) is 5.50. The van der Waals surface area contributed by atoms with Crippen LogP contribution < -0.4 is 0 Å². The van der Waals surface area contributed by atoms with Crippen molar-refractivity contribution in [1.29, 1.82) is 0 Å². The van der Waals surface area contributed by atoms with Crippen LogP contribution in [0.4, 0.5) is 0 Å². The van der Waals surface area contributed by atoms with Gasteiger partial charge in [-0.05, 0) is 19.3 Å². The molecule has 2 unspecified atom stereocenters. The highest BCUT2D eigenvalue weighted by atomic mass is 16.5. The Labute approximate surface area is 89.7 Å². The van der Waals surface area contributed by atoms with Gasteiger partial charge < -0.3 is 9.63 Å². The molecule has 0 spiro atoms. The molecule has 1 aliphatic carbocycles. The van der Waals surface area contributed by atoms with Crippen LogP contribution in [0.2, 0.25) is 0 Å². The van der Waals surface area contributed by atoms with Crippen LogP contribution in [0.3, 0.4) is 0 Å². The Hall–Kier alpha value is -0.900. The molecule has 0 amide bonds. The Morgan fingerprint density at radius 1 is 1.33 bits per heavy atom.